The molecule has 6 heteroatoms. The molecule has 3 aromatic rings. The van der Waals surface area contributed by atoms with E-state index in [1.54, 1.807) is 36.4 Å². The summed E-state index contributed by atoms with van der Waals surface area (Å²) >= 11 is 0. The van der Waals surface area contributed by atoms with Gasteiger partial charge in [0.05, 0.1) is 6.04 Å². The van der Waals surface area contributed by atoms with Crippen molar-refractivity contribution >= 4 is 35.6 Å². The molecule has 0 spiro atoms. The van der Waals surface area contributed by atoms with Crippen molar-refractivity contribution in [2.45, 2.75) is 19.4 Å². The first-order valence-corrected chi connectivity index (χ1v) is 9.10. The van der Waals surface area contributed by atoms with Crippen LogP contribution in [0.4, 0.5) is 11.4 Å². The second-order valence-corrected chi connectivity index (χ2v) is 6.69. The van der Waals surface area contributed by atoms with E-state index in [0.717, 1.165) is 11.1 Å². The average molecular weight is 410 g/mol. The lowest BCUT2D eigenvalue weighted by atomic mass is 10.1. The second-order valence-electron chi connectivity index (χ2n) is 6.69. The maximum atomic E-state index is 12.4. The largest absolute Gasteiger partial charge is 0.325 e. The Morgan fingerprint density at radius 1 is 0.862 bits per heavy atom. The zero-order valence-electron chi connectivity index (χ0n) is 16.1. The molecule has 0 aliphatic carbocycles. The summed E-state index contributed by atoms with van der Waals surface area (Å²) in [5, 5.41) is 5.65. The van der Waals surface area contributed by atoms with E-state index >= 15 is 0 Å². The van der Waals surface area contributed by atoms with Crippen LogP contribution in [0.25, 0.3) is 0 Å². The number of hydrogen-bond acceptors (Lipinski definition) is 3. The van der Waals surface area contributed by atoms with Gasteiger partial charge in [0, 0.05) is 16.9 Å². The molecular weight excluding hydrogens is 386 g/mol. The molecule has 2 amide bonds. The van der Waals surface area contributed by atoms with Gasteiger partial charge in [-0.15, -0.1) is 12.4 Å². The molecule has 150 valence electrons. The first-order chi connectivity index (χ1) is 13.5. The second kappa shape index (κ2) is 10.4. The minimum absolute atomic E-state index is 0. The molecule has 0 saturated heterocycles. The summed E-state index contributed by atoms with van der Waals surface area (Å²) in [6.07, 6.45) is 0.455. The van der Waals surface area contributed by atoms with Crippen LogP contribution in [0.15, 0.2) is 78.9 Å². The van der Waals surface area contributed by atoms with Crippen LogP contribution in [0.2, 0.25) is 0 Å². The summed E-state index contributed by atoms with van der Waals surface area (Å²) in [5.41, 5.74) is 9.87. The van der Waals surface area contributed by atoms with Crippen molar-refractivity contribution in [1.29, 1.82) is 0 Å². The van der Waals surface area contributed by atoms with E-state index in [2.05, 4.69) is 10.6 Å². The highest BCUT2D eigenvalue weighted by Gasteiger charge is 2.14. The minimum atomic E-state index is -0.659. The number of nitrogens with two attached hydrogens (primary N) is 1. The molecule has 0 aliphatic heterocycles. The van der Waals surface area contributed by atoms with E-state index < -0.39 is 6.04 Å². The third-order valence-electron chi connectivity index (χ3n) is 4.34. The lowest BCUT2D eigenvalue weighted by molar-refractivity contribution is -0.117. The monoisotopic (exact) mass is 409 g/mol. The highest BCUT2D eigenvalue weighted by Crippen LogP contribution is 2.17. The molecule has 29 heavy (non-hydrogen) atoms. The lowest BCUT2D eigenvalue weighted by Gasteiger charge is -2.13. The molecule has 0 aromatic heterocycles. The SMILES string of the molecule is Cc1ccc(C(=O)Nc2cccc(NC(=O)[C@@H](N)Cc3ccccc3)c2)cc1.Cl. The fraction of sp³-hybridized carbons (Fsp3) is 0.130. The molecule has 0 aliphatic rings. The molecule has 0 fully saturated rings. The predicted octanol–water partition coefficient (Wildman–Crippen LogP) is 4.18. The van der Waals surface area contributed by atoms with Gasteiger partial charge in [0.25, 0.3) is 5.91 Å². The smallest absolute Gasteiger partial charge is 0.255 e. The summed E-state index contributed by atoms with van der Waals surface area (Å²) in [6.45, 7) is 1.97. The molecule has 4 N–H and O–H groups in total. The van der Waals surface area contributed by atoms with Gasteiger partial charge in [-0.25, -0.2) is 0 Å². The van der Waals surface area contributed by atoms with Crippen LogP contribution in [-0.4, -0.2) is 17.9 Å². The molecule has 0 heterocycles. The zero-order chi connectivity index (χ0) is 19.9. The average Bonchev–Trinajstić information content (AvgIpc) is 2.69. The molecule has 0 bridgehead atoms. The number of hydrogen-bond donors (Lipinski definition) is 3. The number of carbonyl (C=O) groups excluding carboxylic acids is 2. The number of aryl methyl sites for hydroxylation is 1. The van der Waals surface area contributed by atoms with Gasteiger partial charge in [-0.05, 0) is 49.2 Å². The van der Waals surface area contributed by atoms with Gasteiger partial charge >= 0.3 is 0 Å². The first kappa shape index (κ1) is 22.1. The van der Waals surface area contributed by atoms with Crippen molar-refractivity contribution in [3.63, 3.8) is 0 Å². The van der Waals surface area contributed by atoms with Crippen LogP contribution < -0.4 is 16.4 Å². The van der Waals surface area contributed by atoms with Gasteiger partial charge in [-0.3, -0.25) is 9.59 Å². The summed E-state index contributed by atoms with van der Waals surface area (Å²) in [4.78, 5) is 24.7. The van der Waals surface area contributed by atoms with Gasteiger partial charge in [-0.1, -0.05) is 54.1 Å². The number of anilines is 2. The van der Waals surface area contributed by atoms with Crippen LogP contribution in [0, 0.1) is 6.92 Å². The molecule has 3 aromatic carbocycles. The van der Waals surface area contributed by atoms with Crippen molar-refractivity contribution in [2.24, 2.45) is 5.73 Å². The van der Waals surface area contributed by atoms with E-state index in [1.807, 2.05) is 49.4 Å². The van der Waals surface area contributed by atoms with E-state index in [-0.39, 0.29) is 24.2 Å². The standard InChI is InChI=1S/C23H23N3O2.ClH/c1-16-10-12-18(13-11-16)22(27)25-19-8-5-9-20(15-19)26-23(28)21(24)14-17-6-3-2-4-7-17;/h2-13,15,21H,14,24H2,1H3,(H,25,27)(H,26,28);1H/t21-;/m0./s1. The van der Waals surface area contributed by atoms with Crippen molar-refractivity contribution in [2.75, 3.05) is 10.6 Å². The Hall–Kier alpha value is -3.15. The molecule has 1 atom stereocenters. The fourth-order valence-corrected chi connectivity index (χ4v) is 2.78. The Morgan fingerprint density at radius 2 is 1.48 bits per heavy atom. The molecule has 5 nitrogen and oxygen atoms in total. The Labute approximate surface area is 176 Å². The Bertz CT molecular complexity index is 959. The molecule has 0 radical (unpaired) electrons. The van der Waals surface area contributed by atoms with Crippen molar-refractivity contribution in [3.05, 3.63) is 95.6 Å². The Morgan fingerprint density at radius 3 is 2.14 bits per heavy atom. The Kier molecular flexibility index (Phi) is 7.95. The number of nitrogens with one attached hydrogen (secondary N) is 2. The Balaban J connectivity index is 0.00000300. The van der Waals surface area contributed by atoms with Crippen LogP contribution >= 0.6 is 12.4 Å². The van der Waals surface area contributed by atoms with Crippen molar-refractivity contribution < 1.29 is 9.59 Å². The molecule has 3 rings (SSSR count). The number of halogens is 1. The van der Waals surface area contributed by atoms with Gasteiger partial charge < -0.3 is 16.4 Å². The van der Waals surface area contributed by atoms with Gasteiger partial charge in [0.1, 0.15) is 0 Å². The number of rotatable bonds is 6. The van der Waals surface area contributed by atoms with Crippen molar-refractivity contribution in [3.8, 4) is 0 Å². The third-order valence-corrected chi connectivity index (χ3v) is 4.34. The maximum Gasteiger partial charge on any atom is 0.255 e. The quantitative estimate of drug-likeness (QED) is 0.571. The highest BCUT2D eigenvalue weighted by atomic mass is 35.5. The van der Waals surface area contributed by atoms with Gasteiger partial charge in [-0.2, -0.15) is 0 Å². The van der Waals surface area contributed by atoms with E-state index in [1.165, 1.54) is 0 Å². The van der Waals surface area contributed by atoms with Crippen LogP contribution in [-0.2, 0) is 11.2 Å². The summed E-state index contributed by atoms with van der Waals surface area (Å²) in [6, 6.07) is 23.3. The number of carbonyl (C=O) groups is 2. The topological polar surface area (TPSA) is 84.2 Å². The van der Waals surface area contributed by atoms with E-state index in [9.17, 15) is 9.59 Å². The minimum Gasteiger partial charge on any atom is -0.325 e. The summed E-state index contributed by atoms with van der Waals surface area (Å²) in [7, 11) is 0. The normalized spacial score (nSPS) is 11.1. The molecule has 0 unspecified atom stereocenters. The van der Waals surface area contributed by atoms with Gasteiger partial charge in [0.2, 0.25) is 5.91 Å². The summed E-state index contributed by atoms with van der Waals surface area (Å²) in [5.74, 6) is -0.477. The fourth-order valence-electron chi connectivity index (χ4n) is 2.78. The predicted molar refractivity (Wildman–Crippen MR) is 120 cm³/mol. The number of benzene rings is 3. The lowest BCUT2D eigenvalue weighted by Crippen LogP contribution is -2.37. The summed E-state index contributed by atoms with van der Waals surface area (Å²) < 4.78 is 0. The van der Waals surface area contributed by atoms with E-state index in [4.69, 9.17) is 5.73 Å². The van der Waals surface area contributed by atoms with Gasteiger partial charge in [0.15, 0.2) is 0 Å². The van der Waals surface area contributed by atoms with Crippen LogP contribution in [0.1, 0.15) is 21.5 Å². The zero-order valence-corrected chi connectivity index (χ0v) is 16.9. The highest BCUT2D eigenvalue weighted by molar-refractivity contribution is 6.04. The maximum absolute atomic E-state index is 12.4. The van der Waals surface area contributed by atoms with Crippen LogP contribution in [0.5, 0.6) is 0 Å². The number of amides is 2. The first-order valence-electron chi connectivity index (χ1n) is 9.10. The third kappa shape index (κ3) is 6.45. The van der Waals surface area contributed by atoms with Crippen molar-refractivity contribution in [1.82, 2.24) is 0 Å². The molecular formula is C23H24ClN3O2. The molecule has 0 saturated carbocycles. The van der Waals surface area contributed by atoms with E-state index in [0.29, 0.717) is 23.4 Å². The van der Waals surface area contributed by atoms with Crippen LogP contribution in [0.3, 0.4) is 0 Å².